The molecular weight excluding hydrogens is 1220 g/mol. The lowest BCUT2D eigenvalue weighted by Crippen LogP contribution is -2.30. The van der Waals surface area contributed by atoms with Crippen LogP contribution < -0.4 is 0 Å². The van der Waals surface area contributed by atoms with Crippen molar-refractivity contribution in [2.45, 2.75) is 394 Å². The van der Waals surface area contributed by atoms with Gasteiger partial charge in [0.25, 0.3) is 0 Å². The molecule has 0 saturated heterocycles. The van der Waals surface area contributed by atoms with Gasteiger partial charge in [-0.05, 0) is 43.4 Å². The van der Waals surface area contributed by atoms with Crippen LogP contribution in [0.25, 0.3) is 0 Å². The summed E-state index contributed by atoms with van der Waals surface area (Å²) >= 11 is 0. The van der Waals surface area contributed by atoms with Crippen LogP contribution in [-0.2, 0) is 65.4 Å². The molecular formula is C74H144O17P2. The Bertz CT molecular complexity index is 1820. The van der Waals surface area contributed by atoms with E-state index in [9.17, 15) is 43.2 Å². The number of phosphoric acid groups is 2. The average molecular weight is 1370 g/mol. The van der Waals surface area contributed by atoms with Gasteiger partial charge in [0, 0.05) is 25.7 Å². The maximum atomic E-state index is 13.1. The molecule has 0 heterocycles. The Morgan fingerprint density at radius 3 is 0.763 bits per heavy atom. The second-order valence-electron chi connectivity index (χ2n) is 27.4. The molecule has 0 aromatic rings. The van der Waals surface area contributed by atoms with Gasteiger partial charge in [-0.3, -0.25) is 37.3 Å². The van der Waals surface area contributed by atoms with Crippen molar-refractivity contribution in [3.8, 4) is 0 Å². The number of carbonyl (C=O) groups excluding carboxylic acids is 4. The number of aliphatic hydroxyl groups is 1. The molecule has 0 fully saturated rings. The molecule has 3 N–H and O–H groups in total. The average Bonchev–Trinajstić information content (AvgIpc) is 3.70. The number of unbranched alkanes of at least 4 members (excludes halogenated alkanes) is 37. The Kier molecular flexibility index (Phi) is 63.4. The first-order valence-electron chi connectivity index (χ1n) is 38.5. The number of esters is 4. The lowest BCUT2D eigenvalue weighted by Gasteiger charge is -2.21. The summed E-state index contributed by atoms with van der Waals surface area (Å²) in [5.74, 6) is 0.203. The minimum Gasteiger partial charge on any atom is -0.462 e. The van der Waals surface area contributed by atoms with E-state index in [2.05, 4.69) is 48.5 Å². The van der Waals surface area contributed by atoms with Crippen molar-refractivity contribution < 1.29 is 80.2 Å². The number of ether oxygens (including phenoxy) is 4. The van der Waals surface area contributed by atoms with E-state index in [4.69, 9.17) is 37.0 Å². The number of hydrogen-bond donors (Lipinski definition) is 3. The first-order valence-corrected chi connectivity index (χ1v) is 41.5. The summed E-state index contributed by atoms with van der Waals surface area (Å²) in [6, 6.07) is 0. The van der Waals surface area contributed by atoms with Gasteiger partial charge in [0.15, 0.2) is 12.2 Å². The van der Waals surface area contributed by atoms with Crippen LogP contribution in [0.3, 0.4) is 0 Å². The summed E-state index contributed by atoms with van der Waals surface area (Å²) in [7, 11) is -9.91. The van der Waals surface area contributed by atoms with E-state index in [-0.39, 0.29) is 25.7 Å². The minimum atomic E-state index is -4.96. The van der Waals surface area contributed by atoms with E-state index in [1.165, 1.54) is 186 Å². The van der Waals surface area contributed by atoms with Gasteiger partial charge in [-0.15, -0.1) is 0 Å². The van der Waals surface area contributed by atoms with Gasteiger partial charge in [-0.25, -0.2) is 9.13 Å². The van der Waals surface area contributed by atoms with Gasteiger partial charge in [-0.2, -0.15) is 0 Å². The number of hydrogen-bond acceptors (Lipinski definition) is 15. The maximum absolute atomic E-state index is 13.1. The monoisotopic (exact) mass is 1370 g/mol. The van der Waals surface area contributed by atoms with Gasteiger partial charge in [0.2, 0.25) is 0 Å². The summed E-state index contributed by atoms with van der Waals surface area (Å²) in [5, 5.41) is 10.6. The van der Waals surface area contributed by atoms with Crippen molar-refractivity contribution in [1.82, 2.24) is 0 Å². The summed E-state index contributed by atoms with van der Waals surface area (Å²) in [6.07, 6.45) is 49.8. The third-order valence-electron chi connectivity index (χ3n) is 18.2. The summed E-state index contributed by atoms with van der Waals surface area (Å²) < 4.78 is 68.5. The largest absolute Gasteiger partial charge is 0.472 e. The van der Waals surface area contributed by atoms with Crippen molar-refractivity contribution in [1.29, 1.82) is 0 Å². The minimum absolute atomic E-state index is 0.104. The molecule has 0 aliphatic rings. The lowest BCUT2D eigenvalue weighted by molar-refractivity contribution is -0.161. The predicted molar refractivity (Wildman–Crippen MR) is 377 cm³/mol. The number of carbonyl (C=O) groups is 4. The molecule has 552 valence electrons. The highest BCUT2D eigenvalue weighted by atomic mass is 31.2. The highest BCUT2D eigenvalue weighted by Gasteiger charge is 2.30. The Balaban J connectivity index is 5.27. The van der Waals surface area contributed by atoms with Crippen LogP contribution in [0.2, 0.25) is 0 Å². The molecule has 0 rings (SSSR count). The molecule has 0 aliphatic heterocycles. The molecule has 0 aliphatic carbocycles. The van der Waals surface area contributed by atoms with E-state index < -0.39 is 97.5 Å². The van der Waals surface area contributed by atoms with Gasteiger partial charge in [-0.1, -0.05) is 325 Å². The molecule has 0 spiro atoms. The summed E-state index contributed by atoms with van der Waals surface area (Å²) in [6.45, 7) is 11.9. The Morgan fingerprint density at radius 2 is 0.516 bits per heavy atom. The number of rotatable bonds is 72. The highest BCUT2D eigenvalue weighted by molar-refractivity contribution is 7.47. The zero-order chi connectivity index (χ0) is 68.7. The normalized spacial score (nSPS) is 15.0. The molecule has 5 unspecified atom stereocenters. The van der Waals surface area contributed by atoms with Crippen molar-refractivity contribution >= 4 is 39.5 Å². The van der Waals surface area contributed by atoms with Crippen molar-refractivity contribution in [3.63, 3.8) is 0 Å². The molecule has 0 aromatic carbocycles. The Morgan fingerprint density at radius 1 is 0.301 bits per heavy atom. The Labute approximate surface area is 568 Å². The molecule has 0 radical (unpaired) electrons. The van der Waals surface area contributed by atoms with E-state index in [1.807, 2.05) is 0 Å². The molecule has 0 amide bonds. The van der Waals surface area contributed by atoms with Gasteiger partial charge < -0.3 is 33.8 Å². The first kappa shape index (κ1) is 91.1. The van der Waals surface area contributed by atoms with Crippen LogP contribution in [-0.4, -0.2) is 96.7 Å². The second kappa shape index (κ2) is 64.7. The molecule has 17 nitrogen and oxygen atoms in total. The van der Waals surface area contributed by atoms with Gasteiger partial charge in [0.05, 0.1) is 26.4 Å². The van der Waals surface area contributed by atoms with Crippen molar-refractivity contribution in [2.75, 3.05) is 39.6 Å². The first-order chi connectivity index (χ1) is 44.8. The molecule has 93 heavy (non-hydrogen) atoms. The van der Waals surface area contributed by atoms with Crippen LogP contribution in [0, 0.1) is 17.8 Å². The standard InChI is InChI=1S/C74H144O17P2/c1-8-12-13-14-15-16-17-18-19-20-21-22-23-24-36-43-50-57-73(78)90-69(61-84-71(76)55-48-41-34-28-25-31-38-45-52-65(5)9-2)63-88-92(80,81)86-59-68(75)60-87-93(82,83)89-64-70(91-74(79)58-51-44-37-30-27-33-40-47-54-67(7)11-4)62-85-72(77)56-49-42-35-29-26-32-39-46-53-66(6)10-3/h65-70,75H,8-64H2,1-7H3,(H,80,81)(H,82,83)/t65?,66?,67?,68-,69-,70-/m1/s1. The third-order valence-corrected chi connectivity index (χ3v) is 20.1. The zero-order valence-electron chi connectivity index (χ0n) is 60.7. The topological polar surface area (TPSA) is 237 Å². The molecule has 19 heteroatoms. The van der Waals surface area contributed by atoms with Gasteiger partial charge in [0.1, 0.15) is 19.3 Å². The molecule has 0 aromatic heterocycles. The quantitative estimate of drug-likeness (QED) is 0.0222. The predicted octanol–water partition coefficient (Wildman–Crippen LogP) is 21.4. The fourth-order valence-corrected chi connectivity index (χ4v) is 12.7. The van der Waals surface area contributed by atoms with Crippen molar-refractivity contribution in [2.24, 2.45) is 17.8 Å². The zero-order valence-corrected chi connectivity index (χ0v) is 62.5. The highest BCUT2D eigenvalue weighted by Crippen LogP contribution is 2.45. The fourth-order valence-electron chi connectivity index (χ4n) is 11.2. The third kappa shape index (κ3) is 64.5. The number of phosphoric ester groups is 2. The van der Waals surface area contributed by atoms with Crippen molar-refractivity contribution in [3.05, 3.63) is 0 Å². The van der Waals surface area contributed by atoms with Crippen LogP contribution in [0.4, 0.5) is 0 Å². The summed E-state index contributed by atoms with van der Waals surface area (Å²) in [5.41, 5.74) is 0. The summed E-state index contributed by atoms with van der Waals surface area (Å²) in [4.78, 5) is 72.8. The van der Waals surface area contributed by atoms with Crippen LogP contribution >= 0.6 is 15.6 Å². The molecule has 0 bridgehead atoms. The van der Waals surface area contributed by atoms with Crippen LogP contribution in [0.5, 0.6) is 0 Å². The van der Waals surface area contributed by atoms with E-state index in [1.54, 1.807) is 0 Å². The van der Waals surface area contributed by atoms with E-state index >= 15 is 0 Å². The Hall–Kier alpha value is -1.94. The van der Waals surface area contributed by atoms with Gasteiger partial charge >= 0.3 is 39.5 Å². The van der Waals surface area contributed by atoms with E-state index in [0.29, 0.717) is 25.7 Å². The van der Waals surface area contributed by atoms with Crippen LogP contribution in [0.1, 0.15) is 376 Å². The van der Waals surface area contributed by atoms with Crippen LogP contribution in [0.15, 0.2) is 0 Å². The molecule has 0 saturated carbocycles. The number of aliphatic hydroxyl groups excluding tert-OH is 1. The smallest absolute Gasteiger partial charge is 0.462 e. The SMILES string of the molecule is CCCCCCCCCCCCCCCCCCCC(=O)O[C@H](COC(=O)CCCCCCCCCCC(C)CC)COP(=O)(O)OC[C@@H](O)COP(=O)(O)OC[C@@H](COC(=O)CCCCCCCCCCC(C)CC)OC(=O)CCCCCCCCCCC(C)CC. The fraction of sp³-hybridized carbons (Fsp3) is 0.946. The molecule has 8 atom stereocenters. The maximum Gasteiger partial charge on any atom is 0.472 e. The van der Waals surface area contributed by atoms with E-state index in [0.717, 1.165) is 108 Å². The lowest BCUT2D eigenvalue weighted by atomic mass is 9.99. The second-order valence-corrected chi connectivity index (χ2v) is 30.3.